The Labute approximate surface area is 107 Å². The van der Waals surface area contributed by atoms with Crippen LogP contribution in [-0.4, -0.2) is 16.5 Å². The van der Waals surface area contributed by atoms with Crippen LogP contribution in [0.15, 0.2) is 24.4 Å². The van der Waals surface area contributed by atoms with Crippen LogP contribution in [-0.2, 0) is 0 Å². The van der Waals surface area contributed by atoms with Crippen molar-refractivity contribution in [3.05, 3.63) is 41.8 Å². The van der Waals surface area contributed by atoms with Crippen LogP contribution < -0.4 is 10.6 Å². The Morgan fingerprint density at radius 3 is 2.74 bits per heavy atom. The van der Waals surface area contributed by atoms with Gasteiger partial charge in [0.15, 0.2) is 11.6 Å². The van der Waals surface area contributed by atoms with Crippen LogP contribution in [0.4, 0.5) is 30.6 Å². The Balaban J connectivity index is 2.28. The molecule has 1 aromatic carbocycles. The van der Waals surface area contributed by atoms with Crippen molar-refractivity contribution < 1.29 is 13.2 Å². The van der Waals surface area contributed by atoms with Crippen LogP contribution in [0.1, 0.15) is 6.92 Å². The van der Waals surface area contributed by atoms with Crippen LogP contribution >= 0.6 is 0 Å². The van der Waals surface area contributed by atoms with E-state index in [-0.39, 0.29) is 11.5 Å². The fourth-order valence-corrected chi connectivity index (χ4v) is 1.46. The average molecular weight is 268 g/mol. The molecule has 2 aromatic rings. The third-order valence-corrected chi connectivity index (χ3v) is 2.25. The minimum absolute atomic E-state index is 0.231. The van der Waals surface area contributed by atoms with Gasteiger partial charge in [-0.15, -0.1) is 0 Å². The van der Waals surface area contributed by atoms with E-state index in [1.807, 2.05) is 6.92 Å². The Morgan fingerprint density at radius 2 is 2.00 bits per heavy atom. The Kier molecular flexibility index (Phi) is 3.84. The van der Waals surface area contributed by atoms with Gasteiger partial charge in [0, 0.05) is 24.9 Å². The highest BCUT2D eigenvalue weighted by atomic mass is 19.2. The van der Waals surface area contributed by atoms with Crippen LogP contribution in [0.3, 0.4) is 0 Å². The Hall–Kier alpha value is -2.31. The zero-order chi connectivity index (χ0) is 13.8. The second-order valence-electron chi connectivity index (χ2n) is 3.67. The van der Waals surface area contributed by atoms with Crippen molar-refractivity contribution in [2.24, 2.45) is 0 Å². The third-order valence-electron chi connectivity index (χ3n) is 2.25. The molecule has 0 saturated carbocycles. The summed E-state index contributed by atoms with van der Waals surface area (Å²) in [6.45, 7) is 2.48. The summed E-state index contributed by atoms with van der Waals surface area (Å²) in [7, 11) is 0. The lowest BCUT2D eigenvalue weighted by atomic mass is 10.3. The standard InChI is InChI=1S/C12H11F3N4/c1-2-16-12-17-4-3-10(19-12)18-9-6-7(13)5-8(14)11(9)15/h3-6H,2H2,1H3,(H2,16,17,18,19). The molecule has 0 aliphatic carbocycles. The van der Waals surface area contributed by atoms with Crippen molar-refractivity contribution in [3.8, 4) is 0 Å². The van der Waals surface area contributed by atoms with Crippen LogP contribution in [0.5, 0.6) is 0 Å². The van der Waals surface area contributed by atoms with Crippen molar-refractivity contribution >= 4 is 17.5 Å². The van der Waals surface area contributed by atoms with Gasteiger partial charge in [0.25, 0.3) is 0 Å². The van der Waals surface area contributed by atoms with Crippen LogP contribution in [0.2, 0.25) is 0 Å². The van der Waals surface area contributed by atoms with E-state index in [1.54, 1.807) is 0 Å². The molecule has 0 bridgehead atoms. The van der Waals surface area contributed by atoms with Crippen molar-refractivity contribution in [2.75, 3.05) is 17.2 Å². The molecule has 0 spiro atoms. The van der Waals surface area contributed by atoms with Gasteiger partial charge in [0.1, 0.15) is 11.6 Å². The van der Waals surface area contributed by atoms with E-state index in [1.165, 1.54) is 12.3 Å². The predicted octanol–water partition coefficient (Wildman–Crippen LogP) is 3.07. The quantitative estimate of drug-likeness (QED) is 0.837. The topological polar surface area (TPSA) is 49.8 Å². The lowest BCUT2D eigenvalue weighted by Crippen LogP contribution is -2.05. The van der Waals surface area contributed by atoms with E-state index in [9.17, 15) is 13.2 Å². The number of nitrogens with zero attached hydrogens (tertiary/aromatic N) is 2. The number of halogens is 3. The first-order valence-electron chi connectivity index (χ1n) is 5.58. The third kappa shape index (κ3) is 3.12. The lowest BCUT2D eigenvalue weighted by molar-refractivity contribution is 0.498. The van der Waals surface area contributed by atoms with E-state index in [0.717, 1.165) is 6.07 Å². The molecule has 1 aromatic heterocycles. The highest BCUT2D eigenvalue weighted by Crippen LogP contribution is 2.22. The van der Waals surface area contributed by atoms with Crippen molar-refractivity contribution in [1.29, 1.82) is 0 Å². The van der Waals surface area contributed by atoms with Gasteiger partial charge in [-0.3, -0.25) is 0 Å². The molecule has 0 aliphatic rings. The first-order valence-corrected chi connectivity index (χ1v) is 5.58. The van der Waals surface area contributed by atoms with Crippen LogP contribution in [0.25, 0.3) is 0 Å². The molecule has 0 fully saturated rings. The summed E-state index contributed by atoms with van der Waals surface area (Å²) in [5.41, 5.74) is -0.321. The smallest absolute Gasteiger partial charge is 0.224 e. The summed E-state index contributed by atoms with van der Waals surface area (Å²) in [5.74, 6) is -2.73. The minimum Gasteiger partial charge on any atom is -0.354 e. The summed E-state index contributed by atoms with van der Waals surface area (Å²) >= 11 is 0. The molecule has 7 heteroatoms. The van der Waals surface area contributed by atoms with Gasteiger partial charge in [0.2, 0.25) is 5.95 Å². The minimum atomic E-state index is -1.26. The van der Waals surface area contributed by atoms with Gasteiger partial charge in [-0.25, -0.2) is 18.2 Å². The molecule has 100 valence electrons. The fourth-order valence-electron chi connectivity index (χ4n) is 1.46. The molecule has 1 heterocycles. The number of nitrogens with one attached hydrogen (secondary N) is 2. The largest absolute Gasteiger partial charge is 0.354 e. The maximum atomic E-state index is 13.5. The van der Waals surface area contributed by atoms with Gasteiger partial charge >= 0.3 is 0 Å². The molecule has 2 N–H and O–H groups in total. The van der Waals surface area contributed by atoms with E-state index in [2.05, 4.69) is 20.6 Å². The molecule has 4 nitrogen and oxygen atoms in total. The molecule has 2 rings (SSSR count). The number of hydrogen-bond donors (Lipinski definition) is 2. The Morgan fingerprint density at radius 1 is 1.21 bits per heavy atom. The van der Waals surface area contributed by atoms with Crippen LogP contribution in [0, 0.1) is 17.5 Å². The number of rotatable bonds is 4. The first-order chi connectivity index (χ1) is 9.10. The van der Waals surface area contributed by atoms with Crippen molar-refractivity contribution in [3.63, 3.8) is 0 Å². The number of aromatic nitrogens is 2. The molecule has 0 aliphatic heterocycles. The summed E-state index contributed by atoms with van der Waals surface area (Å²) in [4.78, 5) is 7.94. The number of hydrogen-bond acceptors (Lipinski definition) is 4. The summed E-state index contributed by atoms with van der Waals surface area (Å²) in [6.07, 6.45) is 1.45. The zero-order valence-electron chi connectivity index (χ0n) is 10.0. The predicted molar refractivity (Wildman–Crippen MR) is 65.8 cm³/mol. The van der Waals surface area contributed by atoms with Gasteiger partial charge in [-0.2, -0.15) is 4.98 Å². The monoisotopic (exact) mass is 268 g/mol. The molecule has 0 amide bonds. The van der Waals surface area contributed by atoms with E-state index in [4.69, 9.17) is 0 Å². The van der Waals surface area contributed by atoms with E-state index >= 15 is 0 Å². The van der Waals surface area contributed by atoms with Gasteiger partial charge in [-0.05, 0) is 13.0 Å². The maximum absolute atomic E-state index is 13.5. The molecule has 0 atom stereocenters. The second-order valence-corrected chi connectivity index (χ2v) is 3.67. The maximum Gasteiger partial charge on any atom is 0.224 e. The highest BCUT2D eigenvalue weighted by molar-refractivity contribution is 5.57. The van der Waals surface area contributed by atoms with E-state index in [0.29, 0.717) is 18.6 Å². The summed E-state index contributed by atoms with van der Waals surface area (Å²) in [5, 5.41) is 5.37. The molecule has 0 radical (unpaired) electrons. The lowest BCUT2D eigenvalue weighted by Gasteiger charge is -2.08. The Bertz CT molecular complexity index is 589. The van der Waals surface area contributed by atoms with Gasteiger partial charge < -0.3 is 10.6 Å². The van der Waals surface area contributed by atoms with Crippen molar-refractivity contribution in [2.45, 2.75) is 6.92 Å². The number of anilines is 3. The van der Waals surface area contributed by atoms with E-state index < -0.39 is 17.5 Å². The van der Waals surface area contributed by atoms with Crippen molar-refractivity contribution in [1.82, 2.24) is 9.97 Å². The van der Waals surface area contributed by atoms with Gasteiger partial charge in [0.05, 0.1) is 5.69 Å². The molecular weight excluding hydrogens is 257 g/mol. The second kappa shape index (κ2) is 5.55. The SMILES string of the molecule is CCNc1nccc(Nc2cc(F)cc(F)c2F)n1. The van der Waals surface area contributed by atoms with Gasteiger partial charge in [-0.1, -0.05) is 0 Å². The summed E-state index contributed by atoms with van der Waals surface area (Å²) < 4.78 is 39.5. The molecule has 19 heavy (non-hydrogen) atoms. The summed E-state index contributed by atoms with van der Waals surface area (Å²) in [6, 6.07) is 2.79. The number of benzene rings is 1. The molecular formula is C12H11F3N4. The highest BCUT2D eigenvalue weighted by Gasteiger charge is 2.11. The molecule has 0 unspecified atom stereocenters. The fraction of sp³-hybridized carbons (Fsp3) is 0.167. The zero-order valence-corrected chi connectivity index (χ0v) is 10.0. The first kappa shape index (κ1) is 13.1. The normalized spacial score (nSPS) is 10.3. The average Bonchev–Trinajstić information content (AvgIpc) is 2.36. The molecule has 0 saturated heterocycles.